The number of aromatic nitrogens is 2. The van der Waals surface area contributed by atoms with Crippen molar-refractivity contribution in [2.24, 2.45) is 0 Å². The van der Waals surface area contributed by atoms with Crippen molar-refractivity contribution in [3.63, 3.8) is 0 Å². The lowest BCUT2D eigenvalue weighted by molar-refractivity contribution is 0.104. The van der Waals surface area contributed by atoms with Gasteiger partial charge in [-0.3, -0.25) is 4.79 Å². The molecule has 0 aliphatic carbocycles. The summed E-state index contributed by atoms with van der Waals surface area (Å²) in [6, 6.07) is 19.3. The molecule has 0 radical (unpaired) electrons. The van der Waals surface area contributed by atoms with Crippen molar-refractivity contribution in [1.82, 2.24) is 9.78 Å². The lowest BCUT2D eigenvalue weighted by Gasteiger charge is -2.03. The molecule has 0 saturated heterocycles. The molecule has 3 heteroatoms. The maximum absolute atomic E-state index is 12.2. The summed E-state index contributed by atoms with van der Waals surface area (Å²) in [5.74, 6) is -0.00291. The monoisotopic (exact) mass is 302 g/mol. The number of aryl methyl sites for hydroxylation is 1. The second kappa shape index (κ2) is 6.44. The standard InChI is InChI=1S/C20H18N2O/c1-15-19(13-14-20(23)17-9-5-3-6-10-17)16(2)22(21-15)18-11-7-4-8-12-18/h3-14H,1-2H3. The molecular formula is C20H18N2O. The molecule has 114 valence electrons. The van der Waals surface area contributed by atoms with Crippen LogP contribution in [-0.2, 0) is 0 Å². The van der Waals surface area contributed by atoms with E-state index in [0.29, 0.717) is 5.56 Å². The van der Waals surface area contributed by atoms with Gasteiger partial charge in [-0.25, -0.2) is 4.68 Å². The van der Waals surface area contributed by atoms with Gasteiger partial charge in [0.1, 0.15) is 0 Å². The molecule has 0 fully saturated rings. The Bertz CT molecular complexity index is 846. The molecule has 0 atom stereocenters. The van der Waals surface area contributed by atoms with Crippen LogP contribution in [0.15, 0.2) is 66.7 Å². The van der Waals surface area contributed by atoms with Crippen molar-refractivity contribution < 1.29 is 4.79 Å². The summed E-state index contributed by atoms with van der Waals surface area (Å²) in [6.45, 7) is 3.97. The SMILES string of the molecule is Cc1nn(-c2ccccc2)c(C)c1C=CC(=O)c1ccccc1. The number of hydrogen-bond acceptors (Lipinski definition) is 2. The van der Waals surface area contributed by atoms with Crippen molar-refractivity contribution in [3.8, 4) is 5.69 Å². The number of allylic oxidation sites excluding steroid dienone is 1. The first-order chi connectivity index (χ1) is 11.2. The average molecular weight is 302 g/mol. The number of ketones is 1. The van der Waals surface area contributed by atoms with Gasteiger partial charge in [-0.05, 0) is 38.1 Å². The van der Waals surface area contributed by atoms with Gasteiger partial charge in [0.2, 0.25) is 0 Å². The van der Waals surface area contributed by atoms with Gasteiger partial charge in [0.25, 0.3) is 0 Å². The second-order valence-corrected chi connectivity index (χ2v) is 5.40. The Kier molecular flexibility index (Phi) is 4.20. The molecule has 3 rings (SSSR count). The van der Waals surface area contributed by atoms with E-state index < -0.39 is 0 Å². The minimum absolute atomic E-state index is 0.00291. The van der Waals surface area contributed by atoms with Crippen molar-refractivity contribution in [2.45, 2.75) is 13.8 Å². The summed E-state index contributed by atoms with van der Waals surface area (Å²) in [4.78, 5) is 12.2. The third-order valence-corrected chi connectivity index (χ3v) is 3.81. The molecule has 0 N–H and O–H groups in total. The molecule has 0 aliphatic rings. The van der Waals surface area contributed by atoms with Gasteiger partial charge < -0.3 is 0 Å². The van der Waals surface area contributed by atoms with E-state index in [4.69, 9.17) is 0 Å². The van der Waals surface area contributed by atoms with Gasteiger partial charge in [0.05, 0.1) is 11.4 Å². The zero-order valence-electron chi connectivity index (χ0n) is 13.2. The minimum atomic E-state index is -0.00291. The van der Waals surface area contributed by atoms with Crippen molar-refractivity contribution >= 4 is 11.9 Å². The van der Waals surface area contributed by atoms with Crippen molar-refractivity contribution in [1.29, 1.82) is 0 Å². The molecule has 0 saturated carbocycles. The molecule has 0 aliphatic heterocycles. The van der Waals surface area contributed by atoms with E-state index in [2.05, 4.69) is 5.10 Å². The lowest BCUT2D eigenvalue weighted by atomic mass is 10.1. The van der Waals surface area contributed by atoms with Crippen LogP contribution in [0.3, 0.4) is 0 Å². The minimum Gasteiger partial charge on any atom is -0.289 e. The number of carbonyl (C=O) groups excluding carboxylic acids is 1. The zero-order chi connectivity index (χ0) is 16.2. The smallest absolute Gasteiger partial charge is 0.185 e. The number of para-hydroxylation sites is 1. The highest BCUT2D eigenvalue weighted by Gasteiger charge is 2.11. The molecule has 3 aromatic rings. The molecule has 0 spiro atoms. The Balaban J connectivity index is 1.91. The first-order valence-corrected chi connectivity index (χ1v) is 7.56. The second-order valence-electron chi connectivity index (χ2n) is 5.40. The van der Waals surface area contributed by atoms with Crippen LogP contribution in [-0.4, -0.2) is 15.6 Å². The molecule has 2 aromatic carbocycles. The molecule has 0 bridgehead atoms. The molecule has 0 unspecified atom stereocenters. The van der Waals surface area contributed by atoms with Crippen LogP contribution in [0.4, 0.5) is 0 Å². The summed E-state index contributed by atoms with van der Waals surface area (Å²) in [6.07, 6.45) is 3.47. The van der Waals surface area contributed by atoms with Crippen LogP contribution in [0.2, 0.25) is 0 Å². The van der Waals surface area contributed by atoms with E-state index >= 15 is 0 Å². The van der Waals surface area contributed by atoms with E-state index in [9.17, 15) is 4.79 Å². The first-order valence-electron chi connectivity index (χ1n) is 7.56. The van der Waals surface area contributed by atoms with Gasteiger partial charge in [-0.15, -0.1) is 0 Å². The number of rotatable bonds is 4. The van der Waals surface area contributed by atoms with Crippen LogP contribution >= 0.6 is 0 Å². The average Bonchev–Trinajstić information content (AvgIpc) is 2.88. The van der Waals surface area contributed by atoms with Crippen LogP contribution in [0, 0.1) is 13.8 Å². The summed E-state index contributed by atoms with van der Waals surface area (Å²) >= 11 is 0. The van der Waals surface area contributed by atoms with Crippen LogP contribution < -0.4 is 0 Å². The van der Waals surface area contributed by atoms with Crippen molar-refractivity contribution in [3.05, 3.63) is 89.3 Å². The third-order valence-electron chi connectivity index (χ3n) is 3.81. The van der Waals surface area contributed by atoms with E-state index in [1.54, 1.807) is 6.08 Å². The highest BCUT2D eigenvalue weighted by Crippen LogP contribution is 2.19. The predicted octanol–water partition coefficient (Wildman–Crippen LogP) is 4.39. The topological polar surface area (TPSA) is 34.9 Å². The largest absolute Gasteiger partial charge is 0.289 e. The van der Waals surface area contributed by atoms with E-state index in [1.807, 2.05) is 85.3 Å². The first kappa shape index (κ1) is 15.0. The van der Waals surface area contributed by atoms with Gasteiger partial charge in [-0.2, -0.15) is 5.10 Å². The van der Waals surface area contributed by atoms with E-state index in [-0.39, 0.29) is 5.78 Å². The molecule has 1 heterocycles. The molecule has 23 heavy (non-hydrogen) atoms. The van der Waals surface area contributed by atoms with Gasteiger partial charge in [0, 0.05) is 16.8 Å². The fraction of sp³-hybridized carbons (Fsp3) is 0.100. The number of benzene rings is 2. The molecule has 0 amide bonds. The Morgan fingerprint density at radius 1 is 0.957 bits per heavy atom. The van der Waals surface area contributed by atoms with Crippen molar-refractivity contribution in [2.75, 3.05) is 0 Å². The highest BCUT2D eigenvalue weighted by molar-refractivity contribution is 6.06. The number of hydrogen-bond donors (Lipinski definition) is 0. The summed E-state index contributed by atoms with van der Waals surface area (Å²) in [7, 11) is 0. The van der Waals surface area contributed by atoms with Crippen LogP contribution in [0.5, 0.6) is 0 Å². The fourth-order valence-electron chi connectivity index (χ4n) is 2.57. The Morgan fingerprint density at radius 2 is 1.57 bits per heavy atom. The maximum atomic E-state index is 12.2. The normalized spacial score (nSPS) is 11.0. The van der Waals surface area contributed by atoms with Gasteiger partial charge in [-0.1, -0.05) is 48.5 Å². The Morgan fingerprint density at radius 3 is 2.22 bits per heavy atom. The summed E-state index contributed by atoms with van der Waals surface area (Å²) in [5, 5.41) is 4.59. The molecule has 1 aromatic heterocycles. The number of nitrogens with zero attached hydrogens (tertiary/aromatic N) is 2. The predicted molar refractivity (Wildman–Crippen MR) is 92.8 cm³/mol. The van der Waals surface area contributed by atoms with Gasteiger partial charge >= 0.3 is 0 Å². The van der Waals surface area contributed by atoms with E-state index in [1.165, 1.54) is 0 Å². The van der Waals surface area contributed by atoms with E-state index in [0.717, 1.165) is 22.6 Å². The lowest BCUT2D eigenvalue weighted by Crippen LogP contribution is -1.98. The van der Waals surface area contributed by atoms with Crippen LogP contribution in [0.25, 0.3) is 11.8 Å². The Hall–Kier alpha value is -2.94. The Labute approximate surface area is 135 Å². The number of carbonyl (C=O) groups is 1. The third kappa shape index (κ3) is 3.14. The zero-order valence-corrected chi connectivity index (χ0v) is 13.2. The van der Waals surface area contributed by atoms with Crippen LogP contribution in [0.1, 0.15) is 27.3 Å². The summed E-state index contributed by atoms with van der Waals surface area (Å²) < 4.78 is 1.90. The maximum Gasteiger partial charge on any atom is 0.185 e. The highest BCUT2D eigenvalue weighted by atomic mass is 16.1. The van der Waals surface area contributed by atoms with Gasteiger partial charge in [0.15, 0.2) is 5.78 Å². The molecular weight excluding hydrogens is 284 g/mol. The molecule has 3 nitrogen and oxygen atoms in total. The fourth-order valence-corrected chi connectivity index (χ4v) is 2.57. The summed E-state index contributed by atoms with van der Waals surface area (Å²) in [5.41, 5.74) is 4.61. The quantitative estimate of drug-likeness (QED) is 0.529.